The van der Waals surface area contributed by atoms with Crippen molar-refractivity contribution >= 4 is 40.6 Å². The number of amides is 1. The second-order valence-electron chi connectivity index (χ2n) is 5.48. The highest BCUT2D eigenvalue weighted by Gasteiger charge is 2.19. The number of fused-ring (bicyclic) bond motifs is 1. The molecule has 3 aromatic heterocycles. The molecule has 0 bridgehead atoms. The standard InChI is InChI=1S/C16H16ClN5O3S/c1-3-12-11(6-18-16-19-9-20-22(12)16)15(24)25-8-14(23)21(2)7-10-4-5-13(17)26-10/h4-6,9H,3,7-8H2,1-2H3. The van der Waals surface area contributed by atoms with Crippen molar-refractivity contribution in [3.05, 3.63) is 45.1 Å². The fourth-order valence-corrected chi connectivity index (χ4v) is 3.55. The van der Waals surface area contributed by atoms with E-state index in [1.807, 2.05) is 13.0 Å². The Morgan fingerprint density at radius 1 is 1.35 bits per heavy atom. The van der Waals surface area contributed by atoms with Crippen LogP contribution >= 0.6 is 22.9 Å². The first-order chi connectivity index (χ1) is 12.5. The molecule has 10 heteroatoms. The molecule has 0 saturated carbocycles. The maximum Gasteiger partial charge on any atom is 0.342 e. The van der Waals surface area contributed by atoms with Crippen molar-refractivity contribution in [1.29, 1.82) is 0 Å². The number of thiophene rings is 1. The number of rotatable bonds is 6. The Morgan fingerprint density at radius 3 is 2.85 bits per heavy atom. The molecule has 0 spiro atoms. The Hall–Kier alpha value is -2.52. The number of carbonyl (C=O) groups excluding carboxylic acids is 2. The molecule has 0 unspecified atom stereocenters. The minimum absolute atomic E-state index is 0.269. The predicted octanol–water partition coefficient (Wildman–Crippen LogP) is 2.22. The van der Waals surface area contributed by atoms with Gasteiger partial charge in [-0.15, -0.1) is 11.3 Å². The number of esters is 1. The molecule has 3 heterocycles. The second kappa shape index (κ2) is 7.79. The molecule has 0 aliphatic rings. The van der Waals surface area contributed by atoms with E-state index < -0.39 is 5.97 Å². The van der Waals surface area contributed by atoms with Crippen LogP contribution in [-0.4, -0.2) is 50.0 Å². The lowest BCUT2D eigenvalue weighted by molar-refractivity contribution is -0.133. The Morgan fingerprint density at radius 2 is 2.15 bits per heavy atom. The summed E-state index contributed by atoms with van der Waals surface area (Å²) in [4.78, 5) is 35.1. The molecular weight excluding hydrogens is 378 g/mol. The van der Waals surface area contributed by atoms with Crippen LogP contribution < -0.4 is 0 Å². The van der Waals surface area contributed by atoms with E-state index in [-0.39, 0.29) is 18.1 Å². The van der Waals surface area contributed by atoms with Gasteiger partial charge in [-0.2, -0.15) is 10.1 Å². The van der Waals surface area contributed by atoms with Gasteiger partial charge in [0.05, 0.1) is 22.1 Å². The molecule has 0 fully saturated rings. The smallest absolute Gasteiger partial charge is 0.342 e. The number of aromatic nitrogens is 4. The number of nitrogens with zero attached hydrogens (tertiary/aromatic N) is 5. The number of carbonyl (C=O) groups is 2. The summed E-state index contributed by atoms with van der Waals surface area (Å²) in [5.41, 5.74) is 0.900. The predicted molar refractivity (Wildman–Crippen MR) is 96.2 cm³/mol. The van der Waals surface area contributed by atoms with E-state index in [0.717, 1.165) is 4.88 Å². The van der Waals surface area contributed by atoms with Crippen LogP contribution in [0.3, 0.4) is 0 Å². The third kappa shape index (κ3) is 3.83. The lowest BCUT2D eigenvalue weighted by Gasteiger charge is -2.16. The van der Waals surface area contributed by atoms with E-state index in [0.29, 0.717) is 28.8 Å². The van der Waals surface area contributed by atoms with Crippen LogP contribution in [-0.2, 0) is 22.5 Å². The van der Waals surface area contributed by atoms with Gasteiger partial charge in [0, 0.05) is 18.1 Å². The van der Waals surface area contributed by atoms with Gasteiger partial charge < -0.3 is 9.64 Å². The van der Waals surface area contributed by atoms with Gasteiger partial charge >= 0.3 is 5.97 Å². The highest BCUT2D eigenvalue weighted by molar-refractivity contribution is 7.16. The third-order valence-electron chi connectivity index (χ3n) is 3.73. The van der Waals surface area contributed by atoms with Gasteiger partial charge in [-0.25, -0.2) is 14.3 Å². The van der Waals surface area contributed by atoms with Gasteiger partial charge in [0.2, 0.25) is 0 Å². The average Bonchev–Trinajstić information content (AvgIpc) is 3.26. The fourth-order valence-electron chi connectivity index (χ4n) is 2.41. The largest absolute Gasteiger partial charge is 0.452 e. The molecule has 3 rings (SSSR count). The summed E-state index contributed by atoms with van der Waals surface area (Å²) in [6.45, 7) is 1.94. The topological polar surface area (TPSA) is 89.7 Å². The van der Waals surface area contributed by atoms with Crippen molar-refractivity contribution in [1.82, 2.24) is 24.5 Å². The molecule has 0 aliphatic carbocycles. The van der Waals surface area contributed by atoms with Crippen molar-refractivity contribution in [3.8, 4) is 0 Å². The number of hydrogen-bond donors (Lipinski definition) is 0. The van der Waals surface area contributed by atoms with E-state index in [1.54, 1.807) is 13.1 Å². The highest BCUT2D eigenvalue weighted by Crippen LogP contribution is 2.22. The van der Waals surface area contributed by atoms with Crippen LogP contribution in [0.4, 0.5) is 0 Å². The van der Waals surface area contributed by atoms with Gasteiger partial charge in [-0.05, 0) is 18.6 Å². The zero-order valence-corrected chi connectivity index (χ0v) is 15.8. The number of hydrogen-bond acceptors (Lipinski definition) is 7. The molecule has 8 nitrogen and oxygen atoms in total. The lowest BCUT2D eigenvalue weighted by atomic mass is 10.2. The zero-order valence-electron chi connectivity index (χ0n) is 14.2. The monoisotopic (exact) mass is 393 g/mol. The number of aryl methyl sites for hydroxylation is 1. The lowest BCUT2D eigenvalue weighted by Crippen LogP contribution is -2.30. The first-order valence-electron chi connectivity index (χ1n) is 7.82. The summed E-state index contributed by atoms with van der Waals surface area (Å²) in [7, 11) is 1.64. The van der Waals surface area contributed by atoms with Crippen LogP contribution in [0.5, 0.6) is 0 Å². The second-order valence-corrected chi connectivity index (χ2v) is 7.28. The van der Waals surface area contributed by atoms with Gasteiger partial charge in [0.1, 0.15) is 6.33 Å². The molecule has 0 radical (unpaired) electrons. The van der Waals surface area contributed by atoms with Crippen LogP contribution in [0.1, 0.15) is 27.9 Å². The number of likely N-dealkylation sites (N-methyl/N-ethyl adjacent to an activating group) is 1. The molecule has 0 atom stereocenters. The molecule has 0 saturated heterocycles. The van der Waals surface area contributed by atoms with Gasteiger partial charge in [0.15, 0.2) is 6.61 Å². The van der Waals surface area contributed by atoms with Crippen LogP contribution in [0.2, 0.25) is 4.34 Å². The summed E-state index contributed by atoms with van der Waals surface area (Å²) >= 11 is 7.29. The molecule has 0 aliphatic heterocycles. The van der Waals surface area contributed by atoms with Crippen LogP contribution in [0.25, 0.3) is 5.78 Å². The molecule has 1 amide bonds. The average molecular weight is 394 g/mol. The molecule has 0 N–H and O–H groups in total. The van der Waals surface area contributed by atoms with Gasteiger partial charge in [-0.1, -0.05) is 18.5 Å². The Balaban J connectivity index is 1.64. The summed E-state index contributed by atoms with van der Waals surface area (Å²) in [6, 6.07) is 3.63. The quantitative estimate of drug-likeness (QED) is 0.596. The summed E-state index contributed by atoms with van der Waals surface area (Å²) in [5, 5.41) is 4.06. The van der Waals surface area contributed by atoms with Crippen molar-refractivity contribution < 1.29 is 14.3 Å². The van der Waals surface area contributed by atoms with E-state index in [4.69, 9.17) is 16.3 Å². The summed E-state index contributed by atoms with van der Waals surface area (Å²) in [6.07, 6.45) is 3.30. The van der Waals surface area contributed by atoms with Gasteiger partial charge in [0.25, 0.3) is 11.7 Å². The van der Waals surface area contributed by atoms with E-state index >= 15 is 0 Å². The van der Waals surface area contributed by atoms with Gasteiger partial charge in [-0.3, -0.25) is 4.79 Å². The molecule has 136 valence electrons. The van der Waals surface area contributed by atoms with E-state index in [2.05, 4.69) is 15.1 Å². The third-order valence-corrected chi connectivity index (χ3v) is 4.95. The maximum atomic E-state index is 12.4. The van der Waals surface area contributed by atoms with Crippen LogP contribution in [0, 0.1) is 0 Å². The molecule has 26 heavy (non-hydrogen) atoms. The van der Waals surface area contributed by atoms with Crippen molar-refractivity contribution in [2.75, 3.05) is 13.7 Å². The van der Waals surface area contributed by atoms with Crippen molar-refractivity contribution in [2.24, 2.45) is 0 Å². The fraction of sp³-hybridized carbons (Fsp3) is 0.312. The SMILES string of the molecule is CCc1c(C(=O)OCC(=O)N(C)Cc2ccc(Cl)s2)cnc2ncnn12. The van der Waals surface area contributed by atoms with E-state index in [1.165, 1.54) is 33.3 Å². The van der Waals surface area contributed by atoms with Crippen LogP contribution in [0.15, 0.2) is 24.7 Å². The molecule has 3 aromatic rings. The van der Waals surface area contributed by atoms with E-state index in [9.17, 15) is 9.59 Å². The molecule has 0 aromatic carbocycles. The molecular formula is C16H16ClN5O3S. The number of halogens is 1. The zero-order chi connectivity index (χ0) is 18.7. The first kappa shape index (κ1) is 18.3. The summed E-state index contributed by atoms with van der Waals surface area (Å²) < 4.78 is 7.32. The normalized spacial score (nSPS) is 10.9. The number of ether oxygens (including phenoxy) is 1. The van der Waals surface area contributed by atoms with Crippen molar-refractivity contribution in [3.63, 3.8) is 0 Å². The van der Waals surface area contributed by atoms with Crippen molar-refractivity contribution in [2.45, 2.75) is 19.9 Å². The summed E-state index contributed by atoms with van der Waals surface area (Å²) in [5.74, 6) is -0.521. The minimum atomic E-state index is -0.618. The Labute approximate surface area is 158 Å². The Bertz CT molecular complexity index is 954. The minimum Gasteiger partial charge on any atom is -0.452 e. The highest BCUT2D eigenvalue weighted by atomic mass is 35.5. The first-order valence-corrected chi connectivity index (χ1v) is 9.02. The maximum absolute atomic E-state index is 12.4. The Kier molecular flexibility index (Phi) is 5.48.